The Bertz CT molecular complexity index is 1100. The number of piperidine rings is 1. The summed E-state index contributed by atoms with van der Waals surface area (Å²) >= 11 is 0. The highest BCUT2D eigenvalue weighted by Crippen LogP contribution is 2.36. The maximum Gasteiger partial charge on any atom is 0.227 e. The molecule has 1 aliphatic rings. The second kappa shape index (κ2) is 9.99. The molecule has 1 aliphatic heterocycles. The smallest absolute Gasteiger partial charge is 0.227 e. The van der Waals surface area contributed by atoms with Crippen LogP contribution in [0.25, 0.3) is 11.1 Å². The van der Waals surface area contributed by atoms with Gasteiger partial charge in [-0.1, -0.05) is 72.8 Å². The van der Waals surface area contributed by atoms with E-state index in [0.717, 1.165) is 16.7 Å². The van der Waals surface area contributed by atoms with Crippen LogP contribution in [-0.4, -0.2) is 36.9 Å². The number of nitrogens with one attached hydrogen (secondary N) is 1. The molecule has 4 rings (SSSR count). The lowest BCUT2D eigenvalue weighted by Gasteiger charge is -2.40. The highest BCUT2D eigenvalue weighted by atomic mass is 19.1. The van der Waals surface area contributed by atoms with Crippen molar-refractivity contribution < 1.29 is 14.0 Å². The standard InChI is InChI=1S/C28H29FN2O2/c1-30-27(33)28(20-21-11-13-23(14-12-21)22-7-3-2-4-8-22)15-17-31(18-16-28)26(32)19-24-9-5-6-10-25(24)29/h2-14H,15-20H2,1H3,(H,30,33). The zero-order chi connectivity index (χ0) is 23.3. The van der Waals surface area contributed by atoms with E-state index in [2.05, 4.69) is 41.7 Å². The van der Waals surface area contributed by atoms with Crippen LogP contribution in [0.4, 0.5) is 4.39 Å². The number of nitrogens with zero attached hydrogens (tertiary/aromatic N) is 1. The van der Waals surface area contributed by atoms with E-state index in [9.17, 15) is 14.0 Å². The van der Waals surface area contributed by atoms with Crippen LogP contribution in [0.5, 0.6) is 0 Å². The molecule has 4 nitrogen and oxygen atoms in total. The number of rotatable bonds is 6. The molecule has 0 spiro atoms. The van der Waals surface area contributed by atoms with E-state index in [-0.39, 0.29) is 24.1 Å². The molecule has 2 amide bonds. The molecule has 0 unspecified atom stereocenters. The first-order valence-electron chi connectivity index (χ1n) is 11.4. The molecule has 0 saturated carbocycles. The van der Waals surface area contributed by atoms with E-state index in [0.29, 0.717) is 37.9 Å². The molecular weight excluding hydrogens is 415 g/mol. The summed E-state index contributed by atoms with van der Waals surface area (Å²) < 4.78 is 13.9. The fraction of sp³-hybridized carbons (Fsp3) is 0.286. The topological polar surface area (TPSA) is 49.4 Å². The van der Waals surface area contributed by atoms with E-state index in [1.165, 1.54) is 6.07 Å². The molecule has 3 aromatic rings. The third kappa shape index (κ3) is 5.14. The Morgan fingerprint density at radius 1 is 0.879 bits per heavy atom. The molecule has 1 fully saturated rings. The van der Waals surface area contributed by atoms with Gasteiger partial charge in [0.25, 0.3) is 0 Å². The van der Waals surface area contributed by atoms with E-state index in [1.54, 1.807) is 30.1 Å². The van der Waals surface area contributed by atoms with Crippen molar-refractivity contribution in [1.29, 1.82) is 0 Å². The highest BCUT2D eigenvalue weighted by Gasteiger charge is 2.41. The van der Waals surface area contributed by atoms with E-state index in [1.807, 2.05) is 18.2 Å². The Hall–Kier alpha value is -3.47. The van der Waals surface area contributed by atoms with Gasteiger partial charge in [0.15, 0.2) is 0 Å². The van der Waals surface area contributed by atoms with Crippen molar-refractivity contribution in [3.8, 4) is 11.1 Å². The molecule has 170 valence electrons. The lowest BCUT2D eigenvalue weighted by Crippen LogP contribution is -2.51. The Labute approximate surface area is 194 Å². The maximum absolute atomic E-state index is 13.9. The van der Waals surface area contributed by atoms with Gasteiger partial charge in [-0.15, -0.1) is 0 Å². The Morgan fingerprint density at radius 2 is 1.48 bits per heavy atom. The maximum atomic E-state index is 13.9. The predicted octanol–water partition coefficient (Wildman–Crippen LogP) is 4.63. The van der Waals surface area contributed by atoms with Crippen LogP contribution in [0.2, 0.25) is 0 Å². The van der Waals surface area contributed by atoms with Crippen molar-refractivity contribution in [2.75, 3.05) is 20.1 Å². The second-order valence-corrected chi connectivity index (χ2v) is 8.75. The van der Waals surface area contributed by atoms with Crippen LogP contribution in [0.15, 0.2) is 78.9 Å². The number of hydrogen-bond donors (Lipinski definition) is 1. The number of carbonyl (C=O) groups is 2. The number of benzene rings is 3. The lowest BCUT2D eigenvalue weighted by atomic mass is 9.72. The van der Waals surface area contributed by atoms with Crippen molar-refractivity contribution in [3.63, 3.8) is 0 Å². The molecular formula is C28H29FN2O2. The first-order valence-corrected chi connectivity index (χ1v) is 11.4. The number of amides is 2. The minimum absolute atomic E-state index is 0.0100. The van der Waals surface area contributed by atoms with Gasteiger partial charge < -0.3 is 10.2 Å². The molecule has 1 heterocycles. The monoisotopic (exact) mass is 444 g/mol. The Balaban J connectivity index is 1.44. The van der Waals surface area contributed by atoms with Gasteiger partial charge in [-0.25, -0.2) is 4.39 Å². The third-order valence-electron chi connectivity index (χ3n) is 6.69. The minimum atomic E-state index is -0.558. The largest absolute Gasteiger partial charge is 0.359 e. The van der Waals surface area contributed by atoms with Gasteiger partial charge in [0, 0.05) is 20.1 Å². The van der Waals surface area contributed by atoms with Crippen LogP contribution >= 0.6 is 0 Å². The first-order chi connectivity index (χ1) is 16.0. The van der Waals surface area contributed by atoms with Crippen molar-refractivity contribution in [1.82, 2.24) is 10.2 Å². The molecule has 1 saturated heterocycles. The molecule has 0 radical (unpaired) electrons. The summed E-state index contributed by atoms with van der Waals surface area (Å²) in [4.78, 5) is 27.4. The molecule has 5 heteroatoms. The lowest BCUT2D eigenvalue weighted by molar-refractivity contribution is -0.140. The quantitative estimate of drug-likeness (QED) is 0.603. The zero-order valence-electron chi connectivity index (χ0n) is 18.9. The fourth-order valence-corrected chi connectivity index (χ4v) is 4.69. The minimum Gasteiger partial charge on any atom is -0.359 e. The van der Waals surface area contributed by atoms with E-state index >= 15 is 0 Å². The summed E-state index contributed by atoms with van der Waals surface area (Å²) in [5, 5.41) is 2.83. The van der Waals surface area contributed by atoms with Crippen LogP contribution in [0.3, 0.4) is 0 Å². The Morgan fingerprint density at radius 3 is 2.12 bits per heavy atom. The fourth-order valence-electron chi connectivity index (χ4n) is 4.69. The van der Waals surface area contributed by atoms with Gasteiger partial charge in [0.1, 0.15) is 5.82 Å². The molecule has 1 N–H and O–H groups in total. The number of likely N-dealkylation sites (tertiary alicyclic amines) is 1. The highest BCUT2D eigenvalue weighted by molar-refractivity contribution is 5.84. The Kier molecular flexibility index (Phi) is 6.87. The van der Waals surface area contributed by atoms with Crippen LogP contribution < -0.4 is 5.32 Å². The van der Waals surface area contributed by atoms with E-state index < -0.39 is 5.41 Å². The summed E-state index contributed by atoms with van der Waals surface area (Å²) in [6.45, 7) is 0.978. The van der Waals surface area contributed by atoms with Gasteiger partial charge >= 0.3 is 0 Å². The summed E-state index contributed by atoms with van der Waals surface area (Å²) in [7, 11) is 1.66. The van der Waals surface area contributed by atoms with Gasteiger partial charge in [-0.3, -0.25) is 9.59 Å². The van der Waals surface area contributed by atoms with Crippen LogP contribution in [-0.2, 0) is 22.4 Å². The molecule has 0 atom stereocenters. The summed E-state index contributed by atoms with van der Waals surface area (Å²) in [6.07, 6.45) is 1.82. The zero-order valence-corrected chi connectivity index (χ0v) is 18.9. The van der Waals surface area contributed by atoms with Gasteiger partial charge in [0.2, 0.25) is 11.8 Å². The van der Waals surface area contributed by atoms with Gasteiger partial charge in [0.05, 0.1) is 11.8 Å². The van der Waals surface area contributed by atoms with Gasteiger partial charge in [-0.2, -0.15) is 0 Å². The molecule has 0 bridgehead atoms. The summed E-state index contributed by atoms with van der Waals surface area (Å²) in [5.74, 6) is -0.449. The van der Waals surface area contributed by atoms with Crippen molar-refractivity contribution >= 4 is 11.8 Å². The van der Waals surface area contributed by atoms with Crippen molar-refractivity contribution in [3.05, 3.63) is 95.8 Å². The van der Waals surface area contributed by atoms with Crippen molar-refractivity contribution in [2.45, 2.75) is 25.7 Å². The van der Waals surface area contributed by atoms with Crippen LogP contribution in [0.1, 0.15) is 24.0 Å². The molecule has 3 aromatic carbocycles. The SMILES string of the molecule is CNC(=O)C1(Cc2ccc(-c3ccccc3)cc2)CCN(C(=O)Cc2ccccc2F)CC1. The molecule has 0 aromatic heterocycles. The molecule has 33 heavy (non-hydrogen) atoms. The number of hydrogen-bond acceptors (Lipinski definition) is 2. The molecule has 0 aliphatic carbocycles. The van der Waals surface area contributed by atoms with Crippen molar-refractivity contribution in [2.24, 2.45) is 5.41 Å². The summed E-state index contributed by atoms with van der Waals surface area (Å²) in [5.41, 5.74) is 3.25. The number of carbonyl (C=O) groups excluding carboxylic acids is 2. The normalized spacial score (nSPS) is 15.2. The van der Waals surface area contributed by atoms with E-state index in [4.69, 9.17) is 0 Å². The summed E-state index contributed by atoms with van der Waals surface area (Å²) in [6, 6.07) is 24.9. The predicted molar refractivity (Wildman–Crippen MR) is 128 cm³/mol. The van der Waals surface area contributed by atoms with Crippen LogP contribution in [0, 0.1) is 11.2 Å². The second-order valence-electron chi connectivity index (χ2n) is 8.75. The average Bonchev–Trinajstić information content (AvgIpc) is 2.86. The average molecular weight is 445 g/mol. The first kappa shape index (κ1) is 22.7. The third-order valence-corrected chi connectivity index (χ3v) is 6.69. The van der Waals surface area contributed by atoms with Gasteiger partial charge in [-0.05, 0) is 47.6 Å². The number of halogens is 1.